The summed E-state index contributed by atoms with van der Waals surface area (Å²) < 4.78 is 6.33. The van der Waals surface area contributed by atoms with Gasteiger partial charge in [-0.1, -0.05) is 0 Å². The Hall–Kier alpha value is -6.96. The van der Waals surface area contributed by atoms with Crippen molar-refractivity contribution < 1.29 is 33.8 Å². The molecule has 5 aromatic rings. The van der Waals surface area contributed by atoms with Crippen molar-refractivity contribution >= 4 is 75.4 Å². The zero-order valence-corrected chi connectivity index (χ0v) is 39.6. The molecule has 4 aromatic heterocycles. The van der Waals surface area contributed by atoms with Crippen LogP contribution in [0.3, 0.4) is 0 Å². The molecule has 1 aliphatic carbocycles. The van der Waals surface area contributed by atoms with E-state index in [2.05, 4.69) is 48.3 Å². The molecule has 3 saturated heterocycles. The van der Waals surface area contributed by atoms with E-state index in [0.717, 1.165) is 92.3 Å². The molecular weight excluding hydrogens is 911 g/mol. The van der Waals surface area contributed by atoms with Gasteiger partial charge in [0.25, 0.3) is 17.7 Å². The zero-order valence-electron chi connectivity index (χ0n) is 38.8. The molecule has 0 saturated carbocycles. The molecule has 7 aliphatic rings. The molecule has 3 unspecified atom stereocenters. The van der Waals surface area contributed by atoms with E-state index in [1.54, 1.807) is 34.7 Å². The van der Waals surface area contributed by atoms with E-state index in [-0.39, 0.29) is 48.6 Å². The maximum absolute atomic E-state index is 14.0. The lowest BCUT2D eigenvalue weighted by atomic mass is 9.92. The number of rotatable bonds is 8. The first kappa shape index (κ1) is 44.3. The molecule has 19 heteroatoms. The van der Waals surface area contributed by atoms with Crippen molar-refractivity contribution in [1.82, 2.24) is 30.1 Å². The Morgan fingerprint density at radius 1 is 0.857 bits per heavy atom. The fourth-order valence-electron chi connectivity index (χ4n) is 12.0. The average molecular weight is 964 g/mol. The van der Waals surface area contributed by atoms with Crippen LogP contribution in [-0.2, 0) is 35.5 Å². The van der Waals surface area contributed by atoms with Crippen LogP contribution in [0.2, 0.25) is 0 Å². The molecule has 12 rings (SSSR count). The van der Waals surface area contributed by atoms with Gasteiger partial charge in [-0.05, 0) is 111 Å². The Labute approximate surface area is 407 Å². The van der Waals surface area contributed by atoms with Crippen molar-refractivity contribution in [3.8, 4) is 16.9 Å². The van der Waals surface area contributed by atoms with Crippen molar-refractivity contribution in [1.29, 1.82) is 0 Å². The van der Waals surface area contributed by atoms with Gasteiger partial charge in [0.15, 0.2) is 5.75 Å². The number of nitrogens with one attached hydrogen (secondary N) is 2. The molecule has 4 atom stereocenters. The number of piperazine rings is 1. The van der Waals surface area contributed by atoms with Gasteiger partial charge in [0, 0.05) is 79.6 Å². The topological polar surface area (TPSA) is 220 Å². The van der Waals surface area contributed by atoms with E-state index in [0.29, 0.717) is 64.8 Å². The summed E-state index contributed by atoms with van der Waals surface area (Å²) in [6.07, 6.45) is 12.4. The van der Waals surface area contributed by atoms with Gasteiger partial charge in [0.05, 0.1) is 51.9 Å². The Morgan fingerprint density at radius 2 is 1.73 bits per heavy atom. The molecule has 0 bridgehead atoms. The van der Waals surface area contributed by atoms with Crippen LogP contribution < -0.4 is 35.8 Å². The van der Waals surface area contributed by atoms with E-state index >= 15 is 0 Å². The van der Waals surface area contributed by atoms with E-state index in [9.17, 15) is 29.1 Å². The highest BCUT2D eigenvalue weighted by atomic mass is 32.1. The Bertz CT molecular complexity index is 3020. The van der Waals surface area contributed by atoms with E-state index in [4.69, 9.17) is 15.5 Å². The second kappa shape index (κ2) is 17.5. The van der Waals surface area contributed by atoms with Crippen LogP contribution in [-0.4, -0.2) is 123 Å². The van der Waals surface area contributed by atoms with Crippen LogP contribution >= 0.6 is 11.3 Å². The maximum Gasteiger partial charge on any atom is 0.269 e. The minimum atomic E-state index is -1.03. The number of nitrogens with two attached hydrogens (primary N) is 1. The molecule has 5 N–H and O–H groups in total. The third-order valence-corrected chi connectivity index (χ3v) is 16.8. The monoisotopic (exact) mass is 963 g/mol. The molecule has 0 radical (unpaired) electrons. The van der Waals surface area contributed by atoms with Gasteiger partial charge < -0.3 is 30.7 Å². The number of fused-ring (bicyclic) bond motifs is 8. The summed E-state index contributed by atoms with van der Waals surface area (Å²) >= 11 is 1.63. The first-order chi connectivity index (χ1) is 34.0. The minimum absolute atomic E-state index is 0.0536. The molecule has 0 spiro atoms. The van der Waals surface area contributed by atoms with Gasteiger partial charge in [-0.25, -0.2) is 15.0 Å². The van der Waals surface area contributed by atoms with Crippen LogP contribution in [0.15, 0.2) is 55.0 Å². The summed E-state index contributed by atoms with van der Waals surface area (Å²) in [4.78, 5) is 91.6. The predicted molar refractivity (Wildman–Crippen MR) is 263 cm³/mol. The Kier molecular flexibility index (Phi) is 11.0. The van der Waals surface area contributed by atoms with Crippen molar-refractivity contribution in [2.45, 2.75) is 95.5 Å². The molecular formula is C51H53N11O7S. The number of amides is 5. The summed E-state index contributed by atoms with van der Waals surface area (Å²) in [5.41, 5.74) is 13.8. The number of hydrogen-bond donors (Lipinski definition) is 4. The fourth-order valence-corrected chi connectivity index (χ4v) is 13.3. The Balaban J connectivity index is 0.686. The SMILES string of the molecule is C[C@H]1CN(C2CCN3c4ccc5c(c4OCC3C2)C(=O)N(C2CCC(=O)NC2=O)C5=O)CCN1c1ccc(Nc2cc(-c3ccnc(N4CCc5c(sc6c5CCCC6)C4=O)c3CO)cnc2N)nc1. The van der Waals surface area contributed by atoms with Gasteiger partial charge in [0.2, 0.25) is 11.8 Å². The standard InChI is InChI=1S/C51H53N11O7S/c1-27-24-58(29-13-16-60-31(21-29)26-69-44-38(60)8-7-35-43(44)50(67)62(49(35)66)39-9-11-42(64)57-48(39)65)18-19-59(27)30-6-10-41(54-23-30)56-37-20-28(22-55-46(37)52)32-12-15-53-47(36(32)25-63)61-17-14-34-33-4-2-3-5-40(33)70-45(34)51(61)68/h6-8,10,12,15,20,22-23,27,29,31,39,63H,2-5,9,11,13-14,16-19,21,24-26H2,1H3,(H2,52,55)(H,54,56)(H,57,64,65)/t27-,29?,31?,39?/m0/s1. The third kappa shape index (κ3) is 7.35. The predicted octanol–water partition coefficient (Wildman–Crippen LogP) is 4.84. The molecule has 360 valence electrons. The largest absolute Gasteiger partial charge is 0.488 e. The summed E-state index contributed by atoms with van der Waals surface area (Å²) in [5.74, 6) is -0.453. The van der Waals surface area contributed by atoms with Crippen LogP contribution in [0.1, 0.15) is 97.4 Å². The highest BCUT2D eigenvalue weighted by Gasteiger charge is 2.48. The number of hydrogen-bond acceptors (Lipinski definition) is 16. The van der Waals surface area contributed by atoms with Gasteiger partial charge in [0.1, 0.15) is 30.1 Å². The molecule has 6 aliphatic heterocycles. The number of benzene rings is 1. The normalized spacial score (nSPS) is 23.3. The van der Waals surface area contributed by atoms with Gasteiger partial charge in [-0.2, -0.15) is 0 Å². The van der Waals surface area contributed by atoms with E-state index in [1.807, 2.05) is 30.5 Å². The molecule has 3 fully saturated rings. The zero-order chi connectivity index (χ0) is 47.9. The second-order valence-electron chi connectivity index (χ2n) is 19.4. The van der Waals surface area contributed by atoms with E-state index in [1.165, 1.54) is 16.0 Å². The quantitative estimate of drug-likeness (QED) is 0.153. The highest BCUT2D eigenvalue weighted by Crippen LogP contribution is 2.46. The lowest BCUT2D eigenvalue weighted by molar-refractivity contribution is -0.136. The average Bonchev–Trinajstić information content (AvgIpc) is 3.88. The number of aliphatic hydroxyl groups excluding tert-OH is 1. The minimum Gasteiger partial charge on any atom is -0.488 e. The maximum atomic E-state index is 14.0. The number of imide groups is 2. The van der Waals surface area contributed by atoms with Crippen LogP contribution in [0.4, 0.5) is 34.5 Å². The number of ether oxygens (including phenoxy) is 1. The number of piperidine rings is 2. The number of aryl methyl sites for hydroxylation is 1. The molecule has 10 heterocycles. The molecule has 18 nitrogen and oxygen atoms in total. The first-order valence-corrected chi connectivity index (χ1v) is 25.2. The third-order valence-electron chi connectivity index (χ3n) is 15.5. The summed E-state index contributed by atoms with van der Waals surface area (Å²) in [5, 5.41) is 16.4. The van der Waals surface area contributed by atoms with Crippen molar-refractivity contribution in [2.24, 2.45) is 0 Å². The smallest absolute Gasteiger partial charge is 0.269 e. The van der Waals surface area contributed by atoms with Crippen molar-refractivity contribution in [2.75, 3.05) is 65.1 Å². The van der Waals surface area contributed by atoms with Crippen LogP contribution in [0.25, 0.3) is 11.1 Å². The van der Waals surface area contributed by atoms with Crippen LogP contribution in [0, 0.1) is 0 Å². The van der Waals surface area contributed by atoms with E-state index < -0.39 is 29.7 Å². The number of aliphatic hydroxyl groups is 1. The summed E-state index contributed by atoms with van der Waals surface area (Å²) in [6.45, 7) is 6.15. The van der Waals surface area contributed by atoms with Gasteiger partial charge in [-0.3, -0.25) is 44.0 Å². The number of aromatic nitrogens is 3. The highest BCUT2D eigenvalue weighted by molar-refractivity contribution is 7.14. The molecule has 1 aromatic carbocycles. The Morgan fingerprint density at radius 3 is 2.54 bits per heavy atom. The number of anilines is 6. The number of thiophene rings is 1. The van der Waals surface area contributed by atoms with Crippen molar-refractivity contribution in [3.63, 3.8) is 0 Å². The summed E-state index contributed by atoms with van der Waals surface area (Å²) in [7, 11) is 0. The second-order valence-corrected chi connectivity index (χ2v) is 20.5. The molecule has 5 amide bonds. The lowest BCUT2D eigenvalue weighted by Crippen LogP contribution is -2.59. The van der Waals surface area contributed by atoms with Crippen molar-refractivity contribution in [3.05, 3.63) is 92.6 Å². The number of carbonyl (C=O) groups is 5. The summed E-state index contributed by atoms with van der Waals surface area (Å²) in [6, 6.07) is 10.9. The number of nitrogen functional groups attached to an aromatic ring is 1. The first-order valence-electron chi connectivity index (χ1n) is 24.4. The van der Waals surface area contributed by atoms with Crippen LogP contribution in [0.5, 0.6) is 5.75 Å². The molecule has 70 heavy (non-hydrogen) atoms. The van der Waals surface area contributed by atoms with Gasteiger partial charge in [-0.15, -0.1) is 11.3 Å². The van der Waals surface area contributed by atoms with Gasteiger partial charge >= 0.3 is 0 Å². The number of carbonyl (C=O) groups excluding carboxylic acids is 5. The fraction of sp³-hybridized carbons (Fsp3) is 0.412. The number of nitrogens with zero attached hydrogens (tertiary/aromatic N) is 8. The lowest BCUT2D eigenvalue weighted by Gasteiger charge is -2.50. The number of pyridine rings is 3.